The van der Waals surface area contributed by atoms with Crippen molar-refractivity contribution in [2.45, 2.75) is 49.9 Å². The Morgan fingerprint density at radius 1 is 0.857 bits per heavy atom. The number of H-pyrrole nitrogens is 1. The molecule has 9 N–H and O–H groups in total. The summed E-state index contributed by atoms with van der Waals surface area (Å²) in [5.74, 6) is -3.89. The number of benzene rings is 2. The molecule has 0 unspecified atom stereocenters. The number of aliphatic carboxylic acids is 1. The quantitative estimate of drug-likeness (QED) is 0.123. The highest BCUT2D eigenvalue weighted by Gasteiger charge is 2.31. The number of fused-ring (bicyclic) bond motifs is 1. The van der Waals surface area contributed by atoms with Gasteiger partial charge in [0.05, 0.1) is 12.5 Å². The molecule has 42 heavy (non-hydrogen) atoms. The Balaban J connectivity index is 1.69. The summed E-state index contributed by atoms with van der Waals surface area (Å²) >= 11 is 1.44. The molecule has 4 amide bonds. The maximum atomic E-state index is 13.3. The molecule has 1 aromatic heterocycles. The third kappa shape index (κ3) is 9.35. The lowest BCUT2D eigenvalue weighted by Crippen LogP contribution is -2.58. The zero-order chi connectivity index (χ0) is 30.6. The molecule has 0 bridgehead atoms. The molecule has 13 heteroatoms. The highest BCUT2D eigenvalue weighted by atomic mass is 32.2. The predicted octanol–water partition coefficient (Wildman–Crippen LogP) is 0.448. The van der Waals surface area contributed by atoms with Crippen LogP contribution in [0.15, 0.2) is 60.8 Å². The minimum atomic E-state index is -1.53. The second-order valence-electron chi connectivity index (χ2n) is 9.83. The summed E-state index contributed by atoms with van der Waals surface area (Å²) in [5.41, 5.74) is 14.1. The normalized spacial score (nSPS) is 13.9. The Morgan fingerprint density at radius 2 is 1.48 bits per heavy atom. The molecule has 0 saturated carbocycles. The first kappa shape index (κ1) is 32.2. The molecule has 3 rings (SSSR count). The van der Waals surface area contributed by atoms with Crippen molar-refractivity contribution in [1.82, 2.24) is 20.9 Å². The van der Waals surface area contributed by atoms with Gasteiger partial charge in [-0.2, -0.15) is 11.8 Å². The molecule has 2 aromatic carbocycles. The van der Waals surface area contributed by atoms with Crippen LogP contribution in [0.4, 0.5) is 0 Å². The number of rotatable bonds is 16. The van der Waals surface area contributed by atoms with Crippen LogP contribution in [0.1, 0.15) is 24.0 Å². The number of thioether (sulfide) groups is 1. The predicted molar refractivity (Wildman–Crippen MR) is 160 cm³/mol. The van der Waals surface area contributed by atoms with Crippen LogP contribution >= 0.6 is 11.8 Å². The van der Waals surface area contributed by atoms with Gasteiger partial charge < -0.3 is 37.5 Å². The zero-order valence-corrected chi connectivity index (χ0v) is 24.0. The van der Waals surface area contributed by atoms with Crippen LogP contribution in [-0.4, -0.2) is 75.9 Å². The first-order valence-electron chi connectivity index (χ1n) is 13.3. The fraction of sp³-hybridized carbons (Fsp3) is 0.345. The number of carboxylic acid groups (broad SMARTS) is 1. The van der Waals surface area contributed by atoms with Gasteiger partial charge in [0, 0.05) is 23.5 Å². The van der Waals surface area contributed by atoms with Gasteiger partial charge >= 0.3 is 5.97 Å². The smallest absolute Gasteiger partial charge is 0.305 e. The molecule has 0 aliphatic heterocycles. The van der Waals surface area contributed by atoms with Crippen molar-refractivity contribution < 1.29 is 29.1 Å². The molecule has 4 atom stereocenters. The van der Waals surface area contributed by atoms with E-state index < -0.39 is 60.2 Å². The number of amides is 4. The lowest BCUT2D eigenvalue weighted by atomic mass is 10.0. The maximum Gasteiger partial charge on any atom is 0.305 e. The van der Waals surface area contributed by atoms with Crippen LogP contribution in [0.2, 0.25) is 0 Å². The lowest BCUT2D eigenvalue weighted by Gasteiger charge is -2.25. The molecule has 3 aromatic rings. The number of primary amides is 1. The fourth-order valence-electron chi connectivity index (χ4n) is 4.41. The van der Waals surface area contributed by atoms with Crippen LogP contribution in [0, 0.1) is 0 Å². The summed E-state index contributed by atoms with van der Waals surface area (Å²) in [6, 6.07) is 11.7. The Hall–Kier alpha value is -4.36. The van der Waals surface area contributed by atoms with Crippen LogP contribution in [0.25, 0.3) is 10.9 Å². The van der Waals surface area contributed by atoms with Crippen molar-refractivity contribution >= 4 is 52.3 Å². The molecule has 0 fully saturated rings. The Morgan fingerprint density at radius 3 is 2.14 bits per heavy atom. The van der Waals surface area contributed by atoms with Crippen molar-refractivity contribution in [1.29, 1.82) is 0 Å². The van der Waals surface area contributed by atoms with Crippen LogP contribution in [-0.2, 0) is 36.8 Å². The summed E-state index contributed by atoms with van der Waals surface area (Å²) in [4.78, 5) is 66.1. The average molecular weight is 597 g/mol. The van der Waals surface area contributed by atoms with Gasteiger partial charge in [-0.15, -0.1) is 0 Å². The standard InChI is InChI=1S/C29H36N6O6S/c1-42-12-11-22(33-27(39)20(30)14-18-16-32-21-10-6-5-9-19(18)21)28(40)35-24(15-25(36)37)29(41)34-23(26(31)38)13-17-7-3-2-4-8-17/h2-10,16,20,22-24,32H,11-15,30H2,1H3,(H2,31,38)(H,33,39)(H,34,41)(H,35,40)(H,36,37)/t20-,22-,23-,24-/m1/s1. The van der Waals surface area contributed by atoms with Crippen molar-refractivity contribution in [3.63, 3.8) is 0 Å². The van der Waals surface area contributed by atoms with Gasteiger partial charge in [-0.25, -0.2) is 0 Å². The Kier molecular flexibility index (Phi) is 11.9. The van der Waals surface area contributed by atoms with Gasteiger partial charge in [-0.3, -0.25) is 24.0 Å². The summed E-state index contributed by atoms with van der Waals surface area (Å²) in [6.07, 6.45) is 3.36. The first-order chi connectivity index (χ1) is 20.1. The lowest BCUT2D eigenvalue weighted by molar-refractivity contribution is -0.141. The summed E-state index contributed by atoms with van der Waals surface area (Å²) in [5, 5.41) is 17.9. The number of carboxylic acids is 1. The largest absolute Gasteiger partial charge is 0.481 e. The number of aromatic amines is 1. The number of nitrogens with one attached hydrogen (secondary N) is 4. The van der Waals surface area contributed by atoms with E-state index in [-0.39, 0.29) is 19.3 Å². The number of aromatic nitrogens is 1. The van der Waals surface area contributed by atoms with E-state index in [1.54, 1.807) is 36.5 Å². The monoisotopic (exact) mass is 596 g/mol. The fourth-order valence-corrected chi connectivity index (χ4v) is 4.89. The molecule has 1 heterocycles. The highest BCUT2D eigenvalue weighted by Crippen LogP contribution is 2.19. The SMILES string of the molecule is CSCC[C@@H](NC(=O)[C@H](N)Cc1c[nH]c2ccccc12)C(=O)N[C@H](CC(=O)O)C(=O)N[C@H](Cc1ccccc1)C(N)=O. The minimum Gasteiger partial charge on any atom is -0.481 e. The van der Waals surface area contributed by atoms with Gasteiger partial charge in [-0.05, 0) is 42.0 Å². The van der Waals surface area contributed by atoms with E-state index >= 15 is 0 Å². The van der Waals surface area contributed by atoms with E-state index in [9.17, 15) is 29.1 Å². The number of hydrogen-bond acceptors (Lipinski definition) is 7. The Labute approximate surface area is 247 Å². The van der Waals surface area contributed by atoms with E-state index in [1.807, 2.05) is 30.5 Å². The molecular formula is C29H36N6O6S. The van der Waals surface area contributed by atoms with Crippen molar-refractivity contribution in [3.05, 3.63) is 71.9 Å². The van der Waals surface area contributed by atoms with Gasteiger partial charge in [0.1, 0.15) is 18.1 Å². The summed E-state index contributed by atoms with van der Waals surface area (Å²) in [7, 11) is 0. The van der Waals surface area contributed by atoms with Gasteiger partial charge in [-0.1, -0.05) is 48.5 Å². The maximum absolute atomic E-state index is 13.3. The van der Waals surface area contributed by atoms with Crippen molar-refractivity contribution in [3.8, 4) is 0 Å². The number of para-hydroxylation sites is 1. The van der Waals surface area contributed by atoms with Gasteiger partial charge in [0.15, 0.2) is 0 Å². The van der Waals surface area contributed by atoms with Gasteiger partial charge in [0.2, 0.25) is 23.6 Å². The van der Waals surface area contributed by atoms with Crippen LogP contribution in [0.5, 0.6) is 0 Å². The van der Waals surface area contributed by atoms with Gasteiger partial charge in [0.25, 0.3) is 0 Å². The molecule has 12 nitrogen and oxygen atoms in total. The highest BCUT2D eigenvalue weighted by molar-refractivity contribution is 7.98. The van der Waals surface area contributed by atoms with E-state index in [1.165, 1.54) is 11.8 Å². The minimum absolute atomic E-state index is 0.0797. The van der Waals surface area contributed by atoms with Crippen molar-refractivity contribution in [2.75, 3.05) is 12.0 Å². The van der Waals surface area contributed by atoms with Crippen LogP contribution in [0.3, 0.4) is 0 Å². The Bertz CT molecular complexity index is 1400. The molecular weight excluding hydrogens is 560 g/mol. The van der Waals surface area contributed by atoms with E-state index in [4.69, 9.17) is 11.5 Å². The number of hydrogen-bond donors (Lipinski definition) is 7. The molecule has 0 spiro atoms. The van der Waals surface area contributed by atoms with E-state index in [0.717, 1.165) is 22.0 Å². The second kappa shape index (κ2) is 15.6. The molecule has 0 saturated heterocycles. The molecule has 0 radical (unpaired) electrons. The molecule has 0 aliphatic rings. The number of carbonyl (C=O) groups is 5. The van der Waals surface area contributed by atoms with Crippen molar-refractivity contribution in [2.24, 2.45) is 11.5 Å². The third-order valence-corrected chi connectivity index (χ3v) is 7.29. The third-order valence-electron chi connectivity index (χ3n) is 6.65. The topological polar surface area (TPSA) is 209 Å². The summed E-state index contributed by atoms with van der Waals surface area (Å²) in [6.45, 7) is 0. The molecule has 0 aliphatic carbocycles. The second-order valence-corrected chi connectivity index (χ2v) is 10.8. The zero-order valence-electron chi connectivity index (χ0n) is 23.2. The first-order valence-corrected chi connectivity index (χ1v) is 14.7. The van der Waals surface area contributed by atoms with E-state index in [0.29, 0.717) is 5.75 Å². The van der Waals surface area contributed by atoms with Crippen LogP contribution < -0.4 is 27.4 Å². The molecule has 224 valence electrons. The summed E-state index contributed by atoms with van der Waals surface area (Å²) < 4.78 is 0. The van der Waals surface area contributed by atoms with E-state index in [2.05, 4.69) is 20.9 Å². The number of carbonyl (C=O) groups excluding carboxylic acids is 4. The number of nitrogens with two attached hydrogens (primary N) is 2. The average Bonchev–Trinajstić information content (AvgIpc) is 3.37.